The molecular formula is C10H21ClN2O2. The van der Waals surface area contributed by atoms with Crippen molar-refractivity contribution in [3.8, 4) is 0 Å². The molecule has 1 fully saturated rings. The smallest absolute Gasteiger partial charge is 0.239 e. The van der Waals surface area contributed by atoms with E-state index in [1.807, 2.05) is 6.92 Å². The Kier molecular flexibility index (Phi) is 6.89. The summed E-state index contributed by atoms with van der Waals surface area (Å²) in [5, 5.41) is 6.06. The molecule has 1 saturated heterocycles. The SMILES string of the molecule is CC(C)CNC(=O)[C@H]1NCCO[C@@H]1C.Cl. The Morgan fingerprint density at radius 1 is 1.60 bits per heavy atom. The van der Waals surface area contributed by atoms with E-state index in [9.17, 15) is 4.79 Å². The minimum Gasteiger partial charge on any atom is -0.375 e. The van der Waals surface area contributed by atoms with Crippen LogP contribution < -0.4 is 10.6 Å². The van der Waals surface area contributed by atoms with Crippen LogP contribution in [-0.4, -0.2) is 37.7 Å². The van der Waals surface area contributed by atoms with Crippen LogP contribution in [0.5, 0.6) is 0 Å². The lowest BCUT2D eigenvalue weighted by Crippen LogP contribution is -2.55. The van der Waals surface area contributed by atoms with E-state index in [4.69, 9.17) is 4.74 Å². The van der Waals surface area contributed by atoms with Gasteiger partial charge >= 0.3 is 0 Å². The lowest BCUT2D eigenvalue weighted by Gasteiger charge is -2.29. The number of halogens is 1. The molecule has 2 atom stereocenters. The quantitative estimate of drug-likeness (QED) is 0.753. The number of nitrogens with one attached hydrogen (secondary N) is 2. The Morgan fingerprint density at radius 3 is 2.80 bits per heavy atom. The van der Waals surface area contributed by atoms with E-state index in [2.05, 4.69) is 24.5 Å². The van der Waals surface area contributed by atoms with Crippen molar-refractivity contribution < 1.29 is 9.53 Å². The van der Waals surface area contributed by atoms with Crippen LogP contribution in [0.3, 0.4) is 0 Å². The lowest BCUT2D eigenvalue weighted by atomic mass is 10.1. The van der Waals surface area contributed by atoms with E-state index in [1.54, 1.807) is 0 Å². The zero-order valence-electron chi connectivity index (χ0n) is 9.58. The van der Waals surface area contributed by atoms with E-state index >= 15 is 0 Å². The molecule has 0 spiro atoms. The lowest BCUT2D eigenvalue weighted by molar-refractivity contribution is -0.129. The van der Waals surface area contributed by atoms with Gasteiger partial charge in [-0.1, -0.05) is 13.8 Å². The summed E-state index contributed by atoms with van der Waals surface area (Å²) in [5.74, 6) is 0.532. The van der Waals surface area contributed by atoms with Gasteiger partial charge in [0.1, 0.15) is 6.04 Å². The summed E-state index contributed by atoms with van der Waals surface area (Å²) in [7, 11) is 0. The first kappa shape index (κ1) is 14.7. The molecule has 0 saturated carbocycles. The molecule has 15 heavy (non-hydrogen) atoms. The van der Waals surface area contributed by atoms with E-state index in [0.717, 1.165) is 13.1 Å². The van der Waals surface area contributed by atoms with Crippen LogP contribution in [0.15, 0.2) is 0 Å². The second-order valence-corrected chi connectivity index (χ2v) is 4.15. The molecule has 1 rings (SSSR count). The second kappa shape index (κ2) is 7.04. The minimum absolute atomic E-state index is 0. The molecule has 5 heteroatoms. The summed E-state index contributed by atoms with van der Waals surface area (Å²) in [4.78, 5) is 11.7. The fourth-order valence-electron chi connectivity index (χ4n) is 1.44. The minimum atomic E-state index is -0.192. The van der Waals surface area contributed by atoms with Crippen LogP contribution in [0.2, 0.25) is 0 Å². The Labute approximate surface area is 97.5 Å². The first-order valence-electron chi connectivity index (χ1n) is 5.24. The van der Waals surface area contributed by atoms with Gasteiger partial charge in [0.15, 0.2) is 0 Å². The highest BCUT2D eigenvalue weighted by molar-refractivity contribution is 5.85. The molecule has 4 nitrogen and oxygen atoms in total. The number of hydrogen-bond acceptors (Lipinski definition) is 3. The second-order valence-electron chi connectivity index (χ2n) is 4.15. The summed E-state index contributed by atoms with van der Waals surface area (Å²) in [6.07, 6.45) is -0.0316. The van der Waals surface area contributed by atoms with Gasteiger partial charge in [0.25, 0.3) is 0 Å². The topological polar surface area (TPSA) is 50.4 Å². The molecule has 1 amide bonds. The molecule has 0 bridgehead atoms. The zero-order valence-corrected chi connectivity index (χ0v) is 10.4. The Balaban J connectivity index is 0.00000196. The van der Waals surface area contributed by atoms with Crippen LogP contribution in [0, 0.1) is 5.92 Å². The number of carbonyl (C=O) groups excluding carboxylic acids is 1. The number of ether oxygens (including phenoxy) is 1. The number of hydrogen-bond donors (Lipinski definition) is 2. The molecule has 0 aromatic rings. The molecule has 1 aliphatic rings. The number of carbonyl (C=O) groups is 1. The van der Waals surface area contributed by atoms with Gasteiger partial charge in [-0.25, -0.2) is 0 Å². The van der Waals surface area contributed by atoms with Crippen LogP contribution in [-0.2, 0) is 9.53 Å². The van der Waals surface area contributed by atoms with Gasteiger partial charge in [0.05, 0.1) is 12.7 Å². The fraction of sp³-hybridized carbons (Fsp3) is 0.900. The number of rotatable bonds is 3. The van der Waals surface area contributed by atoms with Crippen molar-refractivity contribution in [1.29, 1.82) is 0 Å². The van der Waals surface area contributed by atoms with Crippen LogP contribution in [0.4, 0.5) is 0 Å². The predicted molar refractivity (Wildman–Crippen MR) is 62.3 cm³/mol. The molecule has 2 N–H and O–H groups in total. The maximum absolute atomic E-state index is 11.7. The molecule has 1 aliphatic heterocycles. The molecule has 1 heterocycles. The van der Waals surface area contributed by atoms with Gasteiger partial charge in [0.2, 0.25) is 5.91 Å². The Bertz CT molecular complexity index is 200. The van der Waals surface area contributed by atoms with Crippen LogP contribution in [0.25, 0.3) is 0 Å². The van der Waals surface area contributed by atoms with E-state index in [-0.39, 0.29) is 30.5 Å². The predicted octanol–water partition coefficient (Wildman–Crippen LogP) is 0.557. The third kappa shape index (κ3) is 4.82. The highest BCUT2D eigenvalue weighted by atomic mass is 35.5. The van der Waals surface area contributed by atoms with Gasteiger partial charge in [-0.15, -0.1) is 12.4 Å². The summed E-state index contributed by atoms with van der Waals surface area (Å²) in [5.41, 5.74) is 0. The molecule has 0 radical (unpaired) electrons. The normalized spacial score (nSPS) is 25.9. The Morgan fingerprint density at radius 2 is 2.27 bits per heavy atom. The van der Waals surface area contributed by atoms with Gasteiger partial charge in [-0.3, -0.25) is 4.79 Å². The first-order valence-corrected chi connectivity index (χ1v) is 5.24. The average Bonchev–Trinajstić information content (AvgIpc) is 2.15. The summed E-state index contributed by atoms with van der Waals surface area (Å²) in [6.45, 7) is 8.25. The maximum Gasteiger partial charge on any atom is 0.239 e. The van der Waals surface area contributed by atoms with Crippen molar-refractivity contribution in [3.05, 3.63) is 0 Å². The van der Waals surface area contributed by atoms with Crippen molar-refractivity contribution in [2.45, 2.75) is 32.9 Å². The van der Waals surface area contributed by atoms with Gasteiger partial charge in [-0.05, 0) is 12.8 Å². The van der Waals surface area contributed by atoms with Crippen molar-refractivity contribution in [2.24, 2.45) is 5.92 Å². The number of morpholine rings is 1. The molecular weight excluding hydrogens is 216 g/mol. The van der Waals surface area contributed by atoms with Crippen LogP contribution >= 0.6 is 12.4 Å². The monoisotopic (exact) mass is 236 g/mol. The van der Waals surface area contributed by atoms with Gasteiger partial charge in [-0.2, -0.15) is 0 Å². The summed E-state index contributed by atoms with van der Waals surface area (Å²) in [6, 6.07) is -0.192. The third-order valence-electron chi connectivity index (χ3n) is 2.28. The van der Waals surface area contributed by atoms with Crippen LogP contribution in [0.1, 0.15) is 20.8 Å². The molecule has 0 aromatic carbocycles. The number of amides is 1. The van der Waals surface area contributed by atoms with E-state index < -0.39 is 0 Å². The van der Waals surface area contributed by atoms with Crippen molar-refractivity contribution in [2.75, 3.05) is 19.7 Å². The maximum atomic E-state index is 11.7. The van der Waals surface area contributed by atoms with Gasteiger partial charge in [0, 0.05) is 13.1 Å². The average molecular weight is 237 g/mol. The standard InChI is InChI=1S/C10H20N2O2.ClH/c1-7(2)6-12-10(13)9-8(3)14-5-4-11-9;/h7-9,11H,4-6H2,1-3H3,(H,12,13);1H/t8-,9+;/m1./s1. The van der Waals surface area contributed by atoms with E-state index in [1.165, 1.54) is 0 Å². The summed E-state index contributed by atoms with van der Waals surface area (Å²) >= 11 is 0. The van der Waals surface area contributed by atoms with Crippen molar-refractivity contribution in [1.82, 2.24) is 10.6 Å². The first-order chi connectivity index (χ1) is 6.61. The highest BCUT2D eigenvalue weighted by Crippen LogP contribution is 2.03. The summed E-state index contributed by atoms with van der Waals surface area (Å²) < 4.78 is 5.40. The molecule has 90 valence electrons. The van der Waals surface area contributed by atoms with Crippen molar-refractivity contribution in [3.63, 3.8) is 0 Å². The largest absolute Gasteiger partial charge is 0.375 e. The molecule has 0 unspecified atom stereocenters. The fourth-order valence-corrected chi connectivity index (χ4v) is 1.44. The van der Waals surface area contributed by atoms with E-state index in [0.29, 0.717) is 12.5 Å². The third-order valence-corrected chi connectivity index (χ3v) is 2.28. The highest BCUT2D eigenvalue weighted by Gasteiger charge is 2.27. The Hall–Kier alpha value is -0.320. The molecule has 0 aliphatic carbocycles. The van der Waals surface area contributed by atoms with Gasteiger partial charge < -0.3 is 15.4 Å². The zero-order chi connectivity index (χ0) is 10.6. The molecule has 0 aromatic heterocycles. The van der Waals surface area contributed by atoms with Crippen molar-refractivity contribution >= 4 is 18.3 Å².